The molecule has 0 spiro atoms. The van der Waals surface area contributed by atoms with Crippen LogP contribution in [0.2, 0.25) is 0 Å². The van der Waals surface area contributed by atoms with Crippen LogP contribution in [0.3, 0.4) is 0 Å². The zero-order chi connectivity index (χ0) is 19.2. The molecule has 0 unspecified atom stereocenters. The Morgan fingerprint density at radius 2 is 1.73 bits per heavy atom. The maximum Gasteiger partial charge on any atom is 0.337 e. The Bertz CT molecular complexity index is 896. The molecule has 0 aliphatic rings. The molecule has 0 saturated carbocycles. The van der Waals surface area contributed by atoms with Crippen molar-refractivity contribution in [2.45, 2.75) is 11.5 Å². The number of ether oxygens (including phenoxy) is 2. The summed E-state index contributed by atoms with van der Waals surface area (Å²) in [4.78, 5) is 22.4. The average Bonchev–Trinajstić information content (AvgIpc) is 2.64. The van der Waals surface area contributed by atoms with Crippen LogP contribution < -0.4 is 4.72 Å². The van der Waals surface area contributed by atoms with Crippen molar-refractivity contribution in [3.05, 3.63) is 65.5 Å². The fourth-order valence-corrected chi connectivity index (χ4v) is 3.01. The van der Waals surface area contributed by atoms with Crippen LogP contribution >= 0.6 is 0 Å². The molecular weight excluding hydrogens is 365 g/mol. The molecule has 26 heavy (non-hydrogen) atoms. The van der Waals surface area contributed by atoms with Crippen LogP contribution in [0.4, 0.5) is 4.39 Å². The SMILES string of the molecule is COC(=O)c1ccc(COC(=O)CNS(=O)(=O)c2ccccc2F)cc1. The topological polar surface area (TPSA) is 98.8 Å². The van der Waals surface area contributed by atoms with Gasteiger partial charge in [0.15, 0.2) is 0 Å². The van der Waals surface area contributed by atoms with Gasteiger partial charge in [-0.3, -0.25) is 4.79 Å². The third-order valence-electron chi connectivity index (χ3n) is 3.31. The highest BCUT2D eigenvalue weighted by Crippen LogP contribution is 2.13. The van der Waals surface area contributed by atoms with E-state index in [1.807, 2.05) is 4.72 Å². The Morgan fingerprint density at radius 3 is 2.35 bits per heavy atom. The molecule has 2 rings (SSSR count). The van der Waals surface area contributed by atoms with Crippen LogP contribution in [0.1, 0.15) is 15.9 Å². The lowest BCUT2D eigenvalue weighted by molar-refractivity contribution is -0.143. The first-order valence-electron chi connectivity index (χ1n) is 7.40. The van der Waals surface area contributed by atoms with Crippen LogP contribution in [0.15, 0.2) is 53.4 Å². The summed E-state index contributed by atoms with van der Waals surface area (Å²) in [7, 11) is -2.90. The van der Waals surface area contributed by atoms with Crippen molar-refractivity contribution in [2.24, 2.45) is 0 Å². The van der Waals surface area contributed by atoms with Gasteiger partial charge < -0.3 is 9.47 Å². The summed E-state index contributed by atoms with van der Waals surface area (Å²) in [5.74, 6) is -2.24. The highest BCUT2D eigenvalue weighted by molar-refractivity contribution is 7.89. The zero-order valence-corrected chi connectivity index (χ0v) is 14.6. The van der Waals surface area contributed by atoms with Gasteiger partial charge in [-0.2, -0.15) is 4.72 Å². The summed E-state index contributed by atoms with van der Waals surface area (Å²) in [6.45, 7) is -0.751. The van der Waals surface area contributed by atoms with Crippen LogP contribution in [0, 0.1) is 5.82 Å². The second-order valence-corrected chi connectivity index (χ2v) is 6.84. The monoisotopic (exact) mass is 381 g/mol. The van der Waals surface area contributed by atoms with E-state index in [0.29, 0.717) is 11.1 Å². The van der Waals surface area contributed by atoms with Gasteiger partial charge >= 0.3 is 11.9 Å². The van der Waals surface area contributed by atoms with Crippen molar-refractivity contribution in [1.82, 2.24) is 4.72 Å². The fraction of sp³-hybridized carbons (Fsp3) is 0.176. The number of esters is 2. The summed E-state index contributed by atoms with van der Waals surface area (Å²) in [6.07, 6.45) is 0. The average molecular weight is 381 g/mol. The molecule has 0 fully saturated rings. The van der Waals surface area contributed by atoms with Crippen LogP contribution in [0.25, 0.3) is 0 Å². The molecule has 2 aromatic carbocycles. The number of benzene rings is 2. The number of halogens is 1. The van der Waals surface area contributed by atoms with E-state index in [9.17, 15) is 22.4 Å². The molecule has 9 heteroatoms. The molecule has 2 aromatic rings. The van der Waals surface area contributed by atoms with Crippen LogP contribution in [-0.2, 0) is 30.9 Å². The maximum atomic E-state index is 13.5. The Morgan fingerprint density at radius 1 is 1.08 bits per heavy atom. The third kappa shape index (κ3) is 5.11. The summed E-state index contributed by atoms with van der Waals surface area (Å²) >= 11 is 0. The molecule has 0 amide bonds. The van der Waals surface area contributed by atoms with E-state index in [4.69, 9.17) is 4.74 Å². The van der Waals surface area contributed by atoms with Crippen molar-refractivity contribution in [3.63, 3.8) is 0 Å². The van der Waals surface area contributed by atoms with E-state index in [1.54, 1.807) is 12.1 Å². The van der Waals surface area contributed by atoms with Crippen LogP contribution in [0.5, 0.6) is 0 Å². The van der Waals surface area contributed by atoms with Gasteiger partial charge in [0.25, 0.3) is 0 Å². The quantitative estimate of drug-likeness (QED) is 0.732. The van der Waals surface area contributed by atoms with Gasteiger partial charge in [-0.1, -0.05) is 24.3 Å². The van der Waals surface area contributed by atoms with Gasteiger partial charge in [-0.05, 0) is 29.8 Å². The number of carbonyl (C=O) groups excluding carboxylic acids is 2. The van der Waals surface area contributed by atoms with E-state index in [-0.39, 0.29) is 6.61 Å². The van der Waals surface area contributed by atoms with E-state index in [2.05, 4.69) is 4.74 Å². The predicted molar refractivity (Wildman–Crippen MR) is 89.2 cm³/mol. The molecule has 0 aromatic heterocycles. The van der Waals surface area contributed by atoms with E-state index < -0.39 is 39.2 Å². The maximum absolute atomic E-state index is 13.5. The lowest BCUT2D eigenvalue weighted by Crippen LogP contribution is -2.31. The number of rotatable bonds is 7. The first kappa shape index (κ1) is 19.5. The molecule has 1 N–H and O–H groups in total. The van der Waals surface area contributed by atoms with Crippen LogP contribution in [-0.4, -0.2) is 34.0 Å². The second kappa shape index (κ2) is 8.54. The number of sulfonamides is 1. The van der Waals surface area contributed by atoms with Gasteiger partial charge in [0.2, 0.25) is 10.0 Å². The fourth-order valence-electron chi connectivity index (χ4n) is 1.96. The summed E-state index contributed by atoms with van der Waals surface area (Å²) < 4.78 is 48.9. The zero-order valence-electron chi connectivity index (χ0n) is 13.8. The number of methoxy groups -OCH3 is 1. The normalized spacial score (nSPS) is 11.0. The molecule has 0 aliphatic carbocycles. The van der Waals surface area contributed by atoms with Crippen molar-refractivity contribution < 1.29 is 31.9 Å². The molecular formula is C17H16FNO6S. The lowest BCUT2D eigenvalue weighted by Gasteiger charge is -2.08. The highest BCUT2D eigenvalue weighted by Gasteiger charge is 2.19. The summed E-state index contributed by atoms with van der Waals surface area (Å²) in [5, 5.41) is 0. The predicted octanol–water partition coefficient (Wildman–Crippen LogP) is 1.63. The van der Waals surface area contributed by atoms with Crippen molar-refractivity contribution >= 4 is 22.0 Å². The third-order valence-corrected chi connectivity index (χ3v) is 4.74. The number of hydrogen-bond acceptors (Lipinski definition) is 6. The highest BCUT2D eigenvalue weighted by atomic mass is 32.2. The van der Waals surface area contributed by atoms with Crippen molar-refractivity contribution in [2.75, 3.05) is 13.7 Å². The molecule has 0 atom stereocenters. The number of carbonyl (C=O) groups is 2. The minimum absolute atomic E-state index is 0.109. The Balaban J connectivity index is 1.87. The van der Waals surface area contributed by atoms with E-state index in [0.717, 1.165) is 12.1 Å². The molecule has 0 aliphatic heterocycles. The number of nitrogens with one attached hydrogen (secondary N) is 1. The molecule has 138 valence electrons. The Kier molecular flexibility index (Phi) is 6.42. The minimum atomic E-state index is -4.16. The van der Waals surface area contributed by atoms with Gasteiger partial charge in [-0.25, -0.2) is 17.6 Å². The van der Waals surface area contributed by atoms with Gasteiger partial charge in [-0.15, -0.1) is 0 Å². The molecule has 0 saturated heterocycles. The Hall–Kier alpha value is -2.78. The molecule has 0 radical (unpaired) electrons. The second-order valence-electron chi connectivity index (χ2n) is 5.10. The van der Waals surface area contributed by atoms with Crippen molar-refractivity contribution in [3.8, 4) is 0 Å². The minimum Gasteiger partial charge on any atom is -0.465 e. The number of hydrogen-bond donors (Lipinski definition) is 1. The van der Waals surface area contributed by atoms with Crippen molar-refractivity contribution in [1.29, 1.82) is 0 Å². The van der Waals surface area contributed by atoms with Gasteiger partial charge in [0.05, 0.1) is 12.7 Å². The summed E-state index contributed by atoms with van der Waals surface area (Å²) in [5.41, 5.74) is 0.947. The first-order valence-corrected chi connectivity index (χ1v) is 8.89. The lowest BCUT2D eigenvalue weighted by atomic mass is 10.1. The molecule has 7 nitrogen and oxygen atoms in total. The van der Waals surface area contributed by atoms with Gasteiger partial charge in [0, 0.05) is 0 Å². The van der Waals surface area contributed by atoms with Gasteiger partial charge in [0.1, 0.15) is 23.9 Å². The molecule has 0 bridgehead atoms. The van der Waals surface area contributed by atoms with E-state index in [1.165, 1.54) is 31.4 Å². The summed E-state index contributed by atoms with van der Waals surface area (Å²) in [6, 6.07) is 11.0. The first-order chi connectivity index (χ1) is 12.3. The Labute approximate surface area is 149 Å². The molecule has 0 heterocycles. The smallest absolute Gasteiger partial charge is 0.337 e. The standard InChI is InChI=1S/C17H16FNO6S/c1-24-17(21)13-8-6-12(7-9-13)11-25-16(20)10-19-26(22,23)15-5-3-2-4-14(15)18/h2-9,19H,10-11H2,1H3. The largest absolute Gasteiger partial charge is 0.465 e. The van der Waals surface area contributed by atoms with E-state index >= 15 is 0 Å².